The number of hydrogen-bond donors (Lipinski definition) is 0. The van der Waals surface area contributed by atoms with E-state index in [2.05, 4.69) is 4.98 Å². The Balaban J connectivity index is 1.86. The van der Waals surface area contributed by atoms with Crippen molar-refractivity contribution >= 4 is 22.7 Å². The number of pyridine rings is 1. The molecule has 2 aromatic carbocycles. The van der Waals surface area contributed by atoms with Gasteiger partial charge in [-0.05, 0) is 37.1 Å². The van der Waals surface area contributed by atoms with E-state index in [0.29, 0.717) is 29.0 Å². The first kappa shape index (κ1) is 18.6. The van der Waals surface area contributed by atoms with E-state index in [1.54, 1.807) is 24.3 Å². The van der Waals surface area contributed by atoms with Gasteiger partial charge in [-0.15, -0.1) is 0 Å². The maximum Gasteiger partial charge on any atom is 0.340 e. The number of fused-ring (bicyclic) bond motifs is 1. The Morgan fingerprint density at radius 2 is 1.74 bits per heavy atom. The van der Waals surface area contributed by atoms with Crippen LogP contribution in [0.2, 0.25) is 0 Å². The van der Waals surface area contributed by atoms with Crippen LogP contribution in [0, 0.1) is 6.92 Å². The largest absolute Gasteiger partial charge is 0.496 e. The molecule has 0 bridgehead atoms. The molecule has 0 atom stereocenters. The number of rotatable bonds is 6. The molecule has 0 aliphatic carbocycles. The van der Waals surface area contributed by atoms with Gasteiger partial charge in [0, 0.05) is 5.39 Å². The summed E-state index contributed by atoms with van der Waals surface area (Å²) in [5.74, 6) is -0.396. The molecule has 0 spiro atoms. The first-order chi connectivity index (χ1) is 13.1. The van der Waals surface area contributed by atoms with E-state index in [-0.39, 0.29) is 12.4 Å². The Labute approximate surface area is 157 Å². The predicted octanol–water partition coefficient (Wildman–Crippen LogP) is 4.15. The van der Waals surface area contributed by atoms with Crippen LogP contribution in [-0.2, 0) is 11.2 Å². The number of aromatic nitrogens is 1. The predicted molar refractivity (Wildman–Crippen MR) is 103 cm³/mol. The number of benzene rings is 2. The summed E-state index contributed by atoms with van der Waals surface area (Å²) in [6, 6.07) is 14.5. The van der Waals surface area contributed by atoms with Gasteiger partial charge in [0.1, 0.15) is 5.75 Å². The van der Waals surface area contributed by atoms with Gasteiger partial charge in [-0.25, -0.2) is 4.79 Å². The van der Waals surface area contributed by atoms with Crippen LogP contribution < -0.4 is 4.74 Å². The molecule has 1 aromatic heterocycles. The molecule has 27 heavy (non-hydrogen) atoms. The minimum absolute atomic E-state index is 0.315. The van der Waals surface area contributed by atoms with Crippen LogP contribution in [-0.4, -0.2) is 30.5 Å². The van der Waals surface area contributed by atoms with E-state index in [0.717, 1.165) is 16.5 Å². The average molecular weight is 363 g/mol. The topological polar surface area (TPSA) is 65.5 Å². The molecule has 0 aliphatic rings. The summed E-state index contributed by atoms with van der Waals surface area (Å²) < 4.78 is 10.5. The summed E-state index contributed by atoms with van der Waals surface area (Å²) in [6.07, 6.45) is 0.594. The summed E-state index contributed by atoms with van der Waals surface area (Å²) >= 11 is 0. The van der Waals surface area contributed by atoms with Crippen molar-refractivity contribution in [2.75, 3.05) is 13.7 Å². The fourth-order valence-electron chi connectivity index (χ4n) is 3.12. The molecule has 0 saturated heterocycles. The third-order valence-corrected chi connectivity index (χ3v) is 4.51. The summed E-state index contributed by atoms with van der Waals surface area (Å²) in [5, 5.41) is 0.901. The molecule has 5 heteroatoms. The molecule has 0 aliphatic heterocycles. The highest BCUT2D eigenvalue weighted by Crippen LogP contribution is 2.24. The minimum atomic E-state index is -0.536. The third kappa shape index (κ3) is 3.67. The molecular formula is C22H21NO4. The van der Waals surface area contributed by atoms with E-state index in [4.69, 9.17) is 9.47 Å². The molecule has 1 heterocycles. The maximum absolute atomic E-state index is 12.7. The Morgan fingerprint density at radius 1 is 1.04 bits per heavy atom. The molecule has 3 aromatic rings. The minimum Gasteiger partial charge on any atom is -0.496 e. The number of carbonyl (C=O) groups is 2. The number of aryl methyl sites for hydroxylation is 2. The summed E-state index contributed by atoms with van der Waals surface area (Å²) in [6.45, 7) is 3.46. The van der Waals surface area contributed by atoms with Gasteiger partial charge in [-0.1, -0.05) is 37.3 Å². The normalized spacial score (nSPS) is 10.6. The van der Waals surface area contributed by atoms with Gasteiger partial charge in [-0.3, -0.25) is 9.78 Å². The lowest BCUT2D eigenvalue weighted by atomic mass is 10.0. The van der Waals surface area contributed by atoms with Crippen molar-refractivity contribution in [2.45, 2.75) is 20.3 Å². The van der Waals surface area contributed by atoms with Crippen molar-refractivity contribution in [1.82, 2.24) is 4.98 Å². The monoisotopic (exact) mass is 363 g/mol. The number of nitrogens with zero attached hydrogens (tertiary/aromatic N) is 1. The van der Waals surface area contributed by atoms with Crippen molar-refractivity contribution in [3.8, 4) is 5.75 Å². The number of para-hydroxylation sites is 2. The van der Waals surface area contributed by atoms with Crippen LogP contribution in [0.4, 0.5) is 0 Å². The zero-order valence-corrected chi connectivity index (χ0v) is 15.6. The number of carbonyl (C=O) groups excluding carboxylic acids is 2. The number of Topliss-reactive ketones (excluding diaryl/α,β-unsaturated/α-hetero) is 1. The number of hydrogen-bond acceptors (Lipinski definition) is 5. The SMILES string of the molecule is CCc1nc2ccccc2c(C)c1C(=O)OCC(=O)c1ccccc1OC. The van der Waals surface area contributed by atoms with Gasteiger partial charge in [0.25, 0.3) is 0 Å². The lowest BCUT2D eigenvalue weighted by Gasteiger charge is -2.13. The van der Waals surface area contributed by atoms with Crippen molar-refractivity contribution in [2.24, 2.45) is 0 Å². The van der Waals surface area contributed by atoms with Crippen LogP contribution in [0.1, 0.15) is 38.9 Å². The molecule has 0 saturated carbocycles. The highest BCUT2D eigenvalue weighted by Gasteiger charge is 2.21. The van der Waals surface area contributed by atoms with Crippen LogP contribution >= 0.6 is 0 Å². The Morgan fingerprint density at radius 3 is 2.48 bits per heavy atom. The molecule has 0 fully saturated rings. The third-order valence-electron chi connectivity index (χ3n) is 4.51. The molecule has 3 rings (SSSR count). The highest BCUT2D eigenvalue weighted by atomic mass is 16.5. The molecular weight excluding hydrogens is 342 g/mol. The lowest BCUT2D eigenvalue weighted by Crippen LogP contribution is -2.18. The van der Waals surface area contributed by atoms with E-state index < -0.39 is 5.97 Å². The second kappa shape index (κ2) is 7.99. The van der Waals surface area contributed by atoms with Crippen LogP contribution in [0.25, 0.3) is 10.9 Å². The zero-order chi connectivity index (χ0) is 19.4. The van der Waals surface area contributed by atoms with Crippen molar-refractivity contribution in [3.05, 3.63) is 70.9 Å². The summed E-state index contributed by atoms with van der Waals surface area (Å²) in [5.41, 5.74) is 3.14. The van der Waals surface area contributed by atoms with Gasteiger partial charge in [0.05, 0.1) is 29.4 Å². The van der Waals surface area contributed by atoms with E-state index in [1.165, 1.54) is 7.11 Å². The molecule has 5 nitrogen and oxygen atoms in total. The van der Waals surface area contributed by atoms with Crippen molar-refractivity contribution in [1.29, 1.82) is 0 Å². The van der Waals surface area contributed by atoms with E-state index >= 15 is 0 Å². The van der Waals surface area contributed by atoms with Crippen LogP contribution in [0.15, 0.2) is 48.5 Å². The van der Waals surface area contributed by atoms with Crippen LogP contribution in [0.3, 0.4) is 0 Å². The van der Waals surface area contributed by atoms with E-state index in [9.17, 15) is 9.59 Å². The highest BCUT2D eigenvalue weighted by molar-refractivity contribution is 6.03. The van der Waals surface area contributed by atoms with Gasteiger partial charge in [-0.2, -0.15) is 0 Å². The molecule has 0 unspecified atom stereocenters. The molecule has 0 N–H and O–H groups in total. The van der Waals surface area contributed by atoms with Gasteiger partial charge in [0.15, 0.2) is 6.61 Å². The standard InChI is InChI=1S/C22H21NO4/c1-4-17-21(14(2)15-9-5-7-11-18(15)23-17)22(25)27-13-19(24)16-10-6-8-12-20(16)26-3/h5-12H,4,13H2,1-3H3. The Kier molecular flexibility index (Phi) is 5.50. The summed E-state index contributed by atoms with van der Waals surface area (Å²) in [4.78, 5) is 29.8. The molecule has 0 radical (unpaired) electrons. The first-order valence-electron chi connectivity index (χ1n) is 8.78. The van der Waals surface area contributed by atoms with Gasteiger partial charge >= 0.3 is 5.97 Å². The average Bonchev–Trinajstić information content (AvgIpc) is 2.71. The Bertz CT molecular complexity index is 1010. The number of methoxy groups -OCH3 is 1. The first-order valence-corrected chi connectivity index (χ1v) is 8.78. The number of ether oxygens (including phenoxy) is 2. The quantitative estimate of drug-likeness (QED) is 0.486. The molecule has 0 amide bonds. The van der Waals surface area contributed by atoms with Gasteiger partial charge < -0.3 is 9.47 Å². The van der Waals surface area contributed by atoms with Gasteiger partial charge in [0.2, 0.25) is 5.78 Å². The zero-order valence-electron chi connectivity index (χ0n) is 15.6. The molecule has 138 valence electrons. The smallest absolute Gasteiger partial charge is 0.340 e. The second-order valence-electron chi connectivity index (χ2n) is 6.13. The maximum atomic E-state index is 12.7. The Hall–Kier alpha value is -3.21. The summed E-state index contributed by atoms with van der Waals surface area (Å²) in [7, 11) is 1.50. The van der Waals surface area contributed by atoms with Crippen LogP contribution in [0.5, 0.6) is 5.75 Å². The van der Waals surface area contributed by atoms with Crippen molar-refractivity contribution in [3.63, 3.8) is 0 Å². The fraction of sp³-hybridized carbons (Fsp3) is 0.227. The fourth-order valence-corrected chi connectivity index (χ4v) is 3.12. The van der Waals surface area contributed by atoms with E-state index in [1.807, 2.05) is 38.1 Å². The second-order valence-corrected chi connectivity index (χ2v) is 6.13. The number of esters is 1. The lowest BCUT2D eigenvalue weighted by molar-refractivity contribution is 0.0472. The van der Waals surface area contributed by atoms with Crippen molar-refractivity contribution < 1.29 is 19.1 Å². The number of ketones is 1.